The van der Waals surface area contributed by atoms with Crippen LogP contribution in [0.4, 0.5) is 11.4 Å². The minimum absolute atomic E-state index is 0.0243. The van der Waals surface area contributed by atoms with Crippen LogP contribution in [-0.2, 0) is 6.54 Å². The maximum absolute atomic E-state index is 12.9. The smallest absolute Gasteiger partial charge is 0.271 e. The van der Waals surface area contributed by atoms with Crippen LogP contribution in [0.3, 0.4) is 0 Å². The van der Waals surface area contributed by atoms with Crippen LogP contribution in [0.5, 0.6) is 0 Å². The Kier molecular flexibility index (Phi) is 5.59. The van der Waals surface area contributed by atoms with Gasteiger partial charge in [-0.2, -0.15) is 0 Å². The Morgan fingerprint density at radius 3 is 2.52 bits per heavy atom. The molecule has 0 bridgehead atoms. The second-order valence-corrected chi connectivity index (χ2v) is 7.00. The maximum atomic E-state index is 12.9. The quantitative estimate of drug-likeness (QED) is 0.526. The number of nitrogens with zero attached hydrogens (tertiary/aromatic N) is 2. The molecule has 2 aromatic carbocycles. The van der Waals surface area contributed by atoms with Gasteiger partial charge in [0.25, 0.3) is 17.2 Å². The third-order valence-electron chi connectivity index (χ3n) is 4.79. The zero-order valence-corrected chi connectivity index (χ0v) is 16.4. The number of hydrogen-bond donors (Lipinski definition) is 1. The lowest BCUT2D eigenvalue weighted by molar-refractivity contribution is -0.384. The van der Waals surface area contributed by atoms with Crippen molar-refractivity contribution >= 4 is 17.3 Å². The third kappa shape index (κ3) is 4.40. The van der Waals surface area contributed by atoms with E-state index in [4.69, 9.17) is 0 Å². The molecule has 7 heteroatoms. The number of rotatable bonds is 5. The maximum Gasteiger partial charge on any atom is 0.271 e. The SMILES string of the molecule is Cc1ccc(C)c(Cn2cccc(C(=O)Nc3cc([N+](=O)[O-])ccc3C)c2=O)c1. The fraction of sp³-hybridized carbons (Fsp3) is 0.182. The monoisotopic (exact) mass is 391 g/mol. The molecule has 0 aliphatic heterocycles. The number of nitrogens with one attached hydrogen (secondary N) is 1. The minimum atomic E-state index is -0.603. The number of nitro benzene ring substituents is 1. The molecule has 29 heavy (non-hydrogen) atoms. The molecule has 1 amide bonds. The van der Waals surface area contributed by atoms with Crippen LogP contribution in [0.15, 0.2) is 59.5 Å². The molecular weight excluding hydrogens is 370 g/mol. The van der Waals surface area contributed by atoms with E-state index in [2.05, 4.69) is 5.32 Å². The third-order valence-corrected chi connectivity index (χ3v) is 4.79. The fourth-order valence-electron chi connectivity index (χ4n) is 3.04. The number of carbonyl (C=O) groups is 1. The summed E-state index contributed by atoms with van der Waals surface area (Å²) in [6, 6.07) is 13.3. The van der Waals surface area contributed by atoms with E-state index in [0.29, 0.717) is 17.8 Å². The predicted octanol–water partition coefficient (Wildman–Crippen LogP) is 3.98. The Hall–Kier alpha value is -3.74. The molecule has 1 heterocycles. The van der Waals surface area contributed by atoms with Crippen LogP contribution in [0.1, 0.15) is 32.6 Å². The van der Waals surface area contributed by atoms with E-state index >= 15 is 0 Å². The van der Waals surface area contributed by atoms with Gasteiger partial charge in [-0.15, -0.1) is 0 Å². The van der Waals surface area contributed by atoms with Crippen molar-refractivity contribution in [2.24, 2.45) is 0 Å². The van der Waals surface area contributed by atoms with Gasteiger partial charge in [-0.25, -0.2) is 0 Å². The summed E-state index contributed by atoms with van der Waals surface area (Å²) in [5.74, 6) is -0.603. The van der Waals surface area contributed by atoms with Crippen molar-refractivity contribution in [2.75, 3.05) is 5.32 Å². The fourth-order valence-corrected chi connectivity index (χ4v) is 3.04. The summed E-state index contributed by atoms with van der Waals surface area (Å²) in [6.07, 6.45) is 1.64. The molecule has 0 atom stereocenters. The number of hydrogen-bond acceptors (Lipinski definition) is 4. The second-order valence-electron chi connectivity index (χ2n) is 7.00. The summed E-state index contributed by atoms with van der Waals surface area (Å²) in [5.41, 5.74) is 3.53. The highest BCUT2D eigenvalue weighted by Gasteiger charge is 2.16. The number of pyridine rings is 1. The molecule has 1 aromatic heterocycles. The average Bonchev–Trinajstić information content (AvgIpc) is 2.67. The number of nitro groups is 1. The van der Waals surface area contributed by atoms with Gasteiger partial charge >= 0.3 is 0 Å². The number of aryl methyl sites for hydroxylation is 3. The van der Waals surface area contributed by atoms with Gasteiger partial charge in [0.05, 0.1) is 17.2 Å². The minimum Gasteiger partial charge on any atom is -0.321 e. The summed E-state index contributed by atoms with van der Waals surface area (Å²) in [4.78, 5) is 36.0. The summed E-state index contributed by atoms with van der Waals surface area (Å²) in [6.45, 7) is 6.03. The molecular formula is C22H21N3O4. The van der Waals surface area contributed by atoms with E-state index in [-0.39, 0.29) is 11.3 Å². The Labute approximate surface area is 167 Å². The van der Waals surface area contributed by atoms with Crippen LogP contribution in [0, 0.1) is 30.9 Å². The predicted molar refractivity (Wildman–Crippen MR) is 112 cm³/mol. The van der Waals surface area contributed by atoms with Crippen molar-refractivity contribution in [2.45, 2.75) is 27.3 Å². The van der Waals surface area contributed by atoms with Crippen molar-refractivity contribution in [3.63, 3.8) is 0 Å². The first-order valence-electron chi connectivity index (χ1n) is 9.08. The highest BCUT2D eigenvalue weighted by atomic mass is 16.6. The molecule has 3 aromatic rings. The van der Waals surface area contributed by atoms with Gasteiger partial charge in [0, 0.05) is 18.3 Å². The number of carbonyl (C=O) groups excluding carboxylic acids is 1. The van der Waals surface area contributed by atoms with Crippen molar-refractivity contribution in [1.29, 1.82) is 0 Å². The molecule has 148 valence electrons. The van der Waals surface area contributed by atoms with Crippen LogP contribution in [-0.4, -0.2) is 15.4 Å². The molecule has 7 nitrogen and oxygen atoms in total. The van der Waals surface area contributed by atoms with Gasteiger partial charge in [0.2, 0.25) is 0 Å². The Balaban J connectivity index is 1.90. The molecule has 0 saturated carbocycles. The largest absolute Gasteiger partial charge is 0.321 e. The van der Waals surface area contributed by atoms with E-state index in [9.17, 15) is 19.7 Å². The van der Waals surface area contributed by atoms with E-state index < -0.39 is 16.4 Å². The van der Waals surface area contributed by atoms with Gasteiger partial charge in [0.1, 0.15) is 5.56 Å². The average molecular weight is 391 g/mol. The lowest BCUT2D eigenvalue weighted by Gasteiger charge is -2.12. The molecule has 3 rings (SSSR count). The van der Waals surface area contributed by atoms with Crippen LogP contribution in [0.25, 0.3) is 0 Å². The highest BCUT2D eigenvalue weighted by Crippen LogP contribution is 2.22. The van der Waals surface area contributed by atoms with E-state index in [0.717, 1.165) is 16.7 Å². The van der Waals surface area contributed by atoms with Crippen LogP contribution < -0.4 is 10.9 Å². The molecule has 0 spiro atoms. The van der Waals surface area contributed by atoms with E-state index in [1.54, 1.807) is 25.3 Å². The molecule has 0 aliphatic rings. The number of benzene rings is 2. The number of aromatic nitrogens is 1. The Morgan fingerprint density at radius 2 is 1.79 bits per heavy atom. The molecule has 0 radical (unpaired) electrons. The lowest BCUT2D eigenvalue weighted by atomic mass is 10.1. The first kappa shape index (κ1) is 20.0. The summed E-state index contributed by atoms with van der Waals surface area (Å²) >= 11 is 0. The van der Waals surface area contributed by atoms with Crippen molar-refractivity contribution in [1.82, 2.24) is 4.57 Å². The molecule has 0 aliphatic carbocycles. The van der Waals surface area contributed by atoms with Crippen LogP contribution >= 0.6 is 0 Å². The lowest BCUT2D eigenvalue weighted by Crippen LogP contribution is -2.29. The summed E-state index contributed by atoms with van der Waals surface area (Å²) < 4.78 is 1.48. The van der Waals surface area contributed by atoms with Crippen molar-refractivity contribution in [3.05, 3.63) is 103 Å². The summed E-state index contributed by atoms with van der Waals surface area (Å²) in [5, 5.41) is 13.6. The van der Waals surface area contributed by atoms with Gasteiger partial charge < -0.3 is 9.88 Å². The van der Waals surface area contributed by atoms with E-state index in [1.807, 2.05) is 32.0 Å². The molecule has 0 saturated heterocycles. The zero-order chi connectivity index (χ0) is 21.1. The zero-order valence-electron chi connectivity index (χ0n) is 16.4. The van der Waals surface area contributed by atoms with E-state index in [1.165, 1.54) is 22.8 Å². The first-order valence-corrected chi connectivity index (χ1v) is 9.08. The number of non-ortho nitro benzene ring substituents is 1. The Bertz CT molecular complexity index is 1160. The van der Waals surface area contributed by atoms with Gasteiger partial charge in [-0.1, -0.05) is 29.8 Å². The topological polar surface area (TPSA) is 94.2 Å². The van der Waals surface area contributed by atoms with Crippen molar-refractivity contribution < 1.29 is 9.72 Å². The standard InChI is InChI=1S/C22H21N3O4/c1-14-6-7-15(2)17(11-14)13-24-10-4-5-19(22(24)27)21(26)23-20-12-18(25(28)29)9-8-16(20)3/h4-12H,13H2,1-3H3,(H,23,26). The number of amides is 1. The van der Waals surface area contributed by atoms with Crippen LogP contribution in [0.2, 0.25) is 0 Å². The summed E-state index contributed by atoms with van der Waals surface area (Å²) in [7, 11) is 0. The second kappa shape index (κ2) is 8.10. The highest BCUT2D eigenvalue weighted by molar-refractivity contribution is 6.04. The van der Waals surface area contributed by atoms with Gasteiger partial charge in [-0.3, -0.25) is 19.7 Å². The van der Waals surface area contributed by atoms with Crippen molar-refractivity contribution in [3.8, 4) is 0 Å². The number of anilines is 1. The normalized spacial score (nSPS) is 10.6. The Morgan fingerprint density at radius 1 is 1.07 bits per heavy atom. The molecule has 1 N–H and O–H groups in total. The molecule has 0 fully saturated rings. The first-order chi connectivity index (χ1) is 13.8. The van der Waals surface area contributed by atoms with Gasteiger partial charge in [0.15, 0.2) is 0 Å². The molecule has 0 unspecified atom stereocenters. The van der Waals surface area contributed by atoms with Gasteiger partial charge in [-0.05, 0) is 49.6 Å².